The standard InChI is InChI=1S/C8H17N3O2S/c1-11-8(2-4-10-5-3-8)7(9)6-14(11,12)13/h7,10H,2-6,9H2,1H3. The molecule has 1 atom stereocenters. The number of sulfonamides is 1. The van der Waals surface area contributed by atoms with Crippen LogP contribution in [0.4, 0.5) is 0 Å². The van der Waals surface area contributed by atoms with Gasteiger partial charge in [0.15, 0.2) is 0 Å². The van der Waals surface area contributed by atoms with E-state index in [1.807, 2.05) is 0 Å². The molecule has 2 aliphatic rings. The molecule has 0 aromatic rings. The van der Waals surface area contributed by atoms with Crippen molar-refractivity contribution in [1.29, 1.82) is 0 Å². The highest BCUT2D eigenvalue weighted by Crippen LogP contribution is 2.36. The molecule has 14 heavy (non-hydrogen) atoms. The quantitative estimate of drug-likeness (QED) is 0.531. The number of nitrogens with zero attached hydrogens (tertiary/aromatic N) is 1. The predicted octanol–water partition coefficient (Wildman–Crippen LogP) is -1.29. The normalized spacial score (nSPS) is 36.3. The minimum Gasteiger partial charge on any atom is -0.325 e. The van der Waals surface area contributed by atoms with Crippen LogP contribution in [0.1, 0.15) is 12.8 Å². The monoisotopic (exact) mass is 219 g/mol. The van der Waals surface area contributed by atoms with Crippen LogP contribution in [0.5, 0.6) is 0 Å². The summed E-state index contributed by atoms with van der Waals surface area (Å²) in [6.45, 7) is 1.71. The lowest BCUT2D eigenvalue weighted by Crippen LogP contribution is -2.58. The third-order valence-electron chi connectivity index (χ3n) is 3.59. The summed E-state index contributed by atoms with van der Waals surface area (Å²) < 4.78 is 24.8. The zero-order valence-corrected chi connectivity index (χ0v) is 9.18. The minimum atomic E-state index is -3.10. The van der Waals surface area contributed by atoms with Gasteiger partial charge in [0.25, 0.3) is 0 Å². The van der Waals surface area contributed by atoms with Crippen molar-refractivity contribution in [2.75, 3.05) is 25.9 Å². The van der Waals surface area contributed by atoms with Crippen LogP contribution in [-0.2, 0) is 10.0 Å². The van der Waals surface area contributed by atoms with Gasteiger partial charge in [-0.2, -0.15) is 4.31 Å². The molecule has 0 bridgehead atoms. The molecular formula is C8H17N3O2S. The van der Waals surface area contributed by atoms with Gasteiger partial charge in [-0.25, -0.2) is 8.42 Å². The van der Waals surface area contributed by atoms with E-state index in [0.29, 0.717) is 0 Å². The van der Waals surface area contributed by atoms with Gasteiger partial charge < -0.3 is 11.1 Å². The molecule has 0 aromatic carbocycles. The van der Waals surface area contributed by atoms with Crippen molar-refractivity contribution < 1.29 is 8.42 Å². The van der Waals surface area contributed by atoms with E-state index in [0.717, 1.165) is 25.9 Å². The molecular weight excluding hydrogens is 202 g/mol. The van der Waals surface area contributed by atoms with Gasteiger partial charge in [0.05, 0.1) is 11.3 Å². The van der Waals surface area contributed by atoms with E-state index in [2.05, 4.69) is 5.32 Å². The first-order chi connectivity index (χ1) is 6.49. The van der Waals surface area contributed by atoms with Crippen LogP contribution < -0.4 is 11.1 Å². The first-order valence-corrected chi connectivity index (χ1v) is 6.53. The molecule has 5 nitrogen and oxygen atoms in total. The molecule has 0 aliphatic carbocycles. The number of nitrogens with two attached hydrogens (primary N) is 1. The molecule has 0 saturated carbocycles. The zero-order chi connectivity index (χ0) is 10.4. The summed E-state index contributed by atoms with van der Waals surface area (Å²) in [4.78, 5) is 0. The average Bonchev–Trinajstić information content (AvgIpc) is 2.30. The largest absolute Gasteiger partial charge is 0.325 e. The highest BCUT2D eigenvalue weighted by atomic mass is 32.2. The molecule has 1 unspecified atom stereocenters. The summed E-state index contributed by atoms with van der Waals surface area (Å²) in [5.74, 6) is 0.101. The van der Waals surface area contributed by atoms with Crippen LogP contribution in [0.3, 0.4) is 0 Å². The fourth-order valence-corrected chi connectivity index (χ4v) is 4.41. The van der Waals surface area contributed by atoms with E-state index < -0.39 is 10.0 Å². The van der Waals surface area contributed by atoms with Crippen LogP contribution in [0.2, 0.25) is 0 Å². The molecule has 0 amide bonds. The summed E-state index contributed by atoms with van der Waals surface area (Å²) in [5.41, 5.74) is 5.65. The van der Waals surface area contributed by atoms with Crippen molar-refractivity contribution in [1.82, 2.24) is 9.62 Å². The first kappa shape index (κ1) is 10.4. The topological polar surface area (TPSA) is 75.4 Å². The van der Waals surface area contributed by atoms with Gasteiger partial charge in [0, 0.05) is 13.1 Å². The van der Waals surface area contributed by atoms with E-state index in [1.165, 1.54) is 4.31 Å². The molecule has 0 aromatic heterocycles. The van der Waals surface area contributed by atoms with Crippen molar-refractivity contribution in [3.63, 3.8) is 0 Å². The molecule has 3 N–H and O–H groups in total. The van der Waals surface area contributed by atoms with Crippen molar-refractivity contribution >= 4 is 10.0 Å². The van der Waals surface area contributed by atoms with E-state index in [4.69, 9.17) is 5.73 Å². The first-order valence-electron chi connectivity index (χ1n) is 4.92. The number of rotatable bonds is 0. The summed E-state index contributed by atoms with van der Waals surface area (Å²) in [6, 6.07) is -0.236. The van der Waals surface area contributed by atoms with Crippen molar-refractivity contribution in [3.8, 4) is 0 Å². The lowest BCUT2D eigenvalue weighted by molar-refractivity contribution is 0.155. The van der Waals surface area contributed by atoms with Crippen molar-refractivity contribution in [2.45, 2.75) is 24.4 Å². The van der Waals surface area contributed by atoms with Gasteiger partial charge in [-0.15, -0.1) is 0 Å². The lowest BCUT2D eigenvalue weighted by Gasteiger charge is -2.40. The smallest absolute Gasteiger partial charge is 0.216 e. The van der Waals surface area contributed by atoms with Crippen LogP contribution in [0.15, 0.2) is 0 Å². The molecule has 2 heterocycles. The van der Waals surface area contributed by atoms with Gasteiger partial charge in [-0.3, -0.25) is 0 Å². The second-order valence-corrected chi connectivity index (χ2v) is 6.25. The zero-order valence-electron chi connectivity index (χ0n) is 8.36. The predicted molar refractivity (Wildman–Crippen MR) is 54.4 cm³/mol. The van der Waals surface area contributed by atoms with E-state index in [1.54, 1.807) is 7.05 Å². The second-order valence-electron chi connectivity index (χ2n) is 4.21. The van der Waals surface area contributed by atoms with Crippen LogP contribution in [0.25, 0.3) is 0 Å². The molecule has 0 radical (unpaired) electrons. The van der Waals surface area contributed by atoms with E-state index >= 15 is 0 Å². The fourth-order valence-electron chi connectivity index (χ4n) is 2.55. The number of likely N-dealkylation sites (N-methyl/N-ethyl adjacent to an activating group) is 1. The number of nitrogens with one attached hydrogen (secondary N) is 1. The van der Waals surface area contributed by atoms with Gasteiger partial charge in [0.2, 0.25) is 10.0 Å². The number of piperidine rings is 1. The fraction of sp³-hybridized carbons (Fsp3) is 1.00. The van der Waals surface area contributed by atoms with Gasteiger partial charge in [-0.05, 0) is 25.9 Å². The van der Waals surface area contributed by atoms with Crippen LogP contribution >= 0.6 is 0 Å². The Kier molecular flexibility index (Phi) is 2.34. The Morgan fingerprint density at radius 1 is 1.43 bits per heavy atom. The summed E-state index contributed by atoms with van der Waals surface area (Å²) >= 11 is 0. The summed E-state index contributed by atoms with van der Waals surface area (Å²) in [7, 11) is -1.44. The maximum atomic E-state index is 11.7. The Labute approximate surface area is 84.7 Å². The summed E-state index contributed by atoms with van der Waals surface area (Å²) in [6.07, 6.45) is 1.65. The molecule has 2 rings (SSSR count). The Morgan fingerprint density at radius 3 is 2.43 bits per heavy atom. The van der Waals surface area contributed by atoms with E-state index in [9.17, 15) is 8.42 Å². The number of hydrogen-bond donors (Lipinski definition) is 2. The third kappa shape index (κ3) is 1.29. The Balaban J connectivity index is 2.34. The van der Waals surface area contributed by atoms with Gasteiger partial charge in [0.1, 0.15) is 0 Å². The summed E-state index contributed by atoms with van der Waals surface area (Å²) in [5, 5.41) is 3.23. The Morgan fingerprint density at radius 2 is 2.00 bits per heavy atom. The molecule has 1 spiro atoms. The molecule has 2 fully saturated rings. The highest BCUT2D eigenvalue weighted by molar-refractivity contribution is 7.89. The SMILES string of the molecule is CN1C2(CCNCC2)C(N)CS1(=O)=O. The van der Waals surface area contributed by atoms with Crippen molar-refractivity contribution in [2.24, 2.45) is 5.73 Å². The Bertz CT molecular complexity index is 321. The van der Waals surface area contributed by atoms with Crippen LogP contribution in [-0.4, -0.2) is 50.2 Å². The van der Waals surface area contributed by atoms with Crippen molar-refractivity contribution in [3.05, 3.63) is 0 Å². The maximum Gasteiger partial charge on any atom is 0.216 e. The second kappa shape index (κ2) is 3.16. The molecule has 2 saturated heterocycles. The maximum absolute atomic E-state index is 11.7. The highest BCUT2D eigenvalue weighted by Gasteiger charge is 2.53. The van der Waals surface area contributed by atoms with E-state index in [-0.39, 0.29) is 17.3 Å². The van der Waals surface area contributed by atoms with Crippen LogP contribution in [0, 0.1) is 0 Å². The number of hydrogen-bond acceptors (Lipinski definition) is 4. The molecule has 2 aliphatic heterocycles. The third-order valence-corrected chi connectivity index (χ3v) is 5.57. The Hall–Kier alpha value is -0.170. The molecule has 6 heteroatoms. The van der Waals surface area contributed by atoms with Gasteiger partial charge >= 0.3 is 0 Å². The van der Waals surface area contributed by atoms with Gasteiger partial charge in [-0.1, -0.05) is 0 Å². The average molecular weight is 219 g/mol. The lowest BCUT2D eigenvalue weighted by atomic mass is 9.82. The molecule has 82 valence electrons. The minimum absolute atomic E-state index is 0.101.